The molecule has 2 aromatic carbocycles. The van der Waals surface area contributed by atoms with Crippen LogP contribution in [0.2, 0.25) is 10.0 Å². The maximum atomic E-state index is 12.6. The lowest BCUT2D eigenvalue weighted by Gasteiger charge is -2.16. The third kappa shape index (κ3) is 7.37. The fourth-order valence-corrected chi connectivity index (χ4v) is 4.02. The zero-order valence-electron chi connectivity index (χ0n) is 18.6. The van der Waals surface area contributed by atoms with Crippen LogP contribution in [0.4, 0.5) is 5.82 Å². The summed E-state index contributed by atoms with van der Waals surface area (Å²) in [5.74, 6) is -0.301. The maximum Gasteiger partial charge on any atom is 0.326 e. The van der Waals surface area contributed by atoms with Gasteiger partial charge >= 0.3 is 5.97 Å². The predicted octanol–water partition coefficient (Wildman–Crippen LogP) is 5.00. The first-order valence-corrected chi connectivity index (χ1v) is 11.4. The standard InChI is InChI=1S/C25H25Cl2N3O4/c1-16-13-19(26)23(20(27)14-16)24(31)30-21(25(32)33)15-17-6-8-18(9-7-17)34-12-4-11-29-22-5-2-3-10-28-22/h2-3,5-10,13-14,21H,4,11-12,15H2,1H3,(H,28,29)(H,30,31)(H,32,33). The number of pyridine rings is 1. The highest BCUT2D eigenvalue weighted by Crippen LogP contribution is 2.26. The molecule has 0 saturated heterocycles. The summed E-state index contributed by atoms with van der Waals surface area (Å²) in [5, 5.41) is 15.7. The van der Waals surface area contributed by atoms with Gasteiger partial charge in [0, 0.05) is 19.2 Å². The van der Waals surface area contributed by atoms with Crippen molar-refractivity contribution < 1.29 is 19.4 Å². The number of nitrogens with zero attached hydrogens (tertiary/aromatic N) is 1. The number of anilines is 1. The van der Waals surface area contributed by atoms with Crippen LogP contribution < -0.4 is 15.4 Å². The van der Waals surface area contributed by atoms with Crippen LogP contribution >= 0.6 is 23.2 Å². The second-order valence-electron chi connectivity index (χ2n) is 7.66. The molecule has 0 aliphatic heterocycles. The minimum absolute atomic E-state index is 0.0569. The van der Waals surface area contributed by atoms with Crippen LogP contribution in [0.5, 0.6) is 5.75 Å². The Morgan fingerprint density at radius 2 is 1.79 bits per heavy atom. The number of hydrogen-bond acceptors (Lipinski definition) is 5. The van der Waals surface area contributed by atoms with E-state index in [1.807, 2.05) is 18.2 Å². The smallest absolute Gasteiger partial charge is 0.326 e. The lowest BCUT2D eigenvalue weighted by molar-refractivity contribution is -0.139. The van der Waals surface area contributed by atoms with Crippen LogP contribution in [0.1, 0.15) is 27.9 Å². The van der Waals surface area contributed by atoms with Gasteiger partial charge in [-0.1, -0.05) is 41.4 Å². The number of carboxylic acid groups (broad SMARTS) is 1. The van der Waals surface area contributed by atoms with Gasteiger partial charge in [0.05, 0.1) is 22.2 Å². The molecule has 0 aliphatic rings. The molecular weight excluding hydrogens is 477 g/mol. The fraction of sp³-hybridized carbons (Fsp3) is 0.240. The van der Waals surface area contributed by atoms with Crippen LogP contribution in [-0.4, -0.2) is 41.2 Å². The molecule has 0 bridgehead atoms. The minimum Gasteiger partial charge on any atom is -0.494 e. The number of benzene rings is 2. The molecule has 1 heterocycles. The Bertz CT molecular complexity index is 1100. The first-order chi connectivity index (χ1) is 16.3. The molecule has 34 heavy (non-hydrogen) atoms. The summed E-state index contributed by atoms with van der Waals surface area (Å²) in [4.78, 5) is 28.6. The first-order valence-electron chi connectivity index (χ1n) is 10.7. The molecule has 178 valence electrons. The molecule has 3 rings (SSSR count). The van der Waals surface area contributed by atoms with Gasteiger partial charge in [0.25, 0.3) is 5.91 Å². The van der Waals surface area contributed by atoms with Gasteiger partial charge in [-0.15, -0.1) is 0 Å². The van der Waals surface area contributed by atoms with Crippen molar-refractivity contribution in [3.8, 4) is 5.75 Å². The number of hydrogen-bond donors (Lipinski definition) is 3. The molecule has 0 saturated carbocycles. The first kappa shape index (κ1) is 25.3. The fourth-order valence-electron chi connectivity index (χ4n) is 3.25. The van der Waals surface area contributed by atoms with Crippen LogP contribution in [0, 0.1) is 6.92 Å². The lowest BCUT2D eigenvalue weighted by atomic mass is 10.0. The van der Waals surface area contributed by atoms with Crippen molar-refractivity contribution in [3.05, 3.63) is 87.5 Å². The number of aryl methyl sites for hydroxylation is 1. The molecular formula is C25H25Cl2N3O4. The Hall–Kier alpha value is -3.29. The quantitative estimate of drug-likeness (QED) is 0.319. The monoisotopic (exact) mass is 501 g/mol. The van der Waals surface area contributed by atoms with E-state index < -0.39 is 17.9 Å². The van der Waals surface area contributed by atoms with Crippen LogP contribution in [0.15, 0.2) is 60.8 Å². The molecule has 1 unspecified atom stereocenters. The molecule has 0 spiro atoms. The summed E-state index contributed by atoms with van der Waals surface area (Å²) >= 11 is 12.3. The van der Waals surface area contributed by atoms with Crippen LogP contribution in [-0.2, 0) is 11.2 Å². The topological polar surface area (TPSA) is 101 Å². The number of carbonyl (C=O) groups excluding carboxylic acids is 1. The highest BCUT2D eigenvalue weighted by Gasteiger charge is 2.24. The highest BCUT2D eigenvalue weighted by molar-refractivity contribution is 6.39. The molecule has 7 nitrogen and oxygen atoms in total. The van der Waals surface area contributed by atoms with Crippen molar-refractivity contribution >= 4 is 40.9 Å². The number of aliphatic carboxylic acids is 1. The molecule has 0 radical (unpaired) electrons. The van der Waals surface area contributed by atoms with Gasteiger partial charge in [-0.2, -0.15) is 0 Å². The van der Waals surface area contributed by atoms with Gasteiger partial charge in [-0.05, 0) is 60.9 Å². The number of halogens is 2. The van der Waals surface area contributed by atoms with E-state index in [0.717, 1.165) is 29.9 Å². The Morgan fingerprint density at radius 3 is 2.41 bits per heavy atom. The van der Waals surface area contributed by atoms with Crippen molar-refractivity contribution in [2.24, 2.45) is 0 Å². The highest BCUT2D eigenvalue weighted by atomic mass is 35.5. The summed E-state index contributed by atoms with van der Waals surface area (Å²) < 4.78 is 5.73. The van der Waals surface area contributed by atoms with Crippen LogP contribution in [0.3, 0.4) is 0 Å². The zero-order valence-corrected chi connectivity index (χ0v) is 20.1. The van der Waals surface area contributed by atoms with Crippen LogP contribution in [0.25, 0.3) is 0 Å². The molecule has 1 atom stereocenters. The average molecular weight is 502 g/mol. The average Bonchev–Trinajstić information content (AvgIpc) is 2.79. The zero-order chi connectivity index (χ0) is 24.5. The Morgan fingerprint density at radius 1 is 1.09 bits per heavy atom. The van der Waals surface area contributed by atoms with Crippen molar-refractivity contribution in [3.63, 3.8) is 0 Å². The van der Waals surface area contributed by atoms with E-state index in [9.17, 15) is 14.7 Å². The number of ether oxygens (including phenoxy) is 1. The van der Waals surface area contributed by atoms with Crippen molar-refractivity contribution in [2.45, 2.75) is 25.8 Å². The van der Waals surface area contributed by atoms with E-state index >= 15 is 0 Å². The van der Waals surface area contributed by atoms with Crippen molar-refractivity contribution in [2.75, 3.05) is 18.5 Å². The summed E-state index contributed by atoms with van der Waals surface area (Å²) in [6.45, 7) is 3.04. The van der Waals surface area contributed by atoms with E-state index in [1.54, 1.807) is 49.5 Å². The third-order valence-electron chi connectivity index (χ3n) is 4.94. The SMILES string of the molecule is Cc1cc(Cl)c(C(=O)NC(Cc2ccc(OCCCNc3ccccn3)cc2)C(=O)O)c(Cl)c1. The summed E-state index contributed by atoms with van der Waals surface area (Å²) in [5.41, 5.74) is 1.59. The van der Waals surface area contributed by atoms with Gasteiger partial charge in [0.1, 0.15) is 17.6 Å². The maximum absolute atomic E-state index is 12.6. The summed E-state index contributed by atoms with van der Waals surface area (Å²) in [6, 6.07) is 14.8. The Balaban J connectivity index is 1.51. The molecule has 3 aromatic rings. The minimum atomic E-state index is -1.16. The van der Waals surface area contributed by atoms with E-state index in [2.05, 4.69) is 15.6 Å². The largest absolute Gasteiger partial charge is 0.494 e. The molecule has 0 aliphatic carbocycles. The lowest BCUT2D eigenvalue weighted by Crippen LogP contribution is -2.42. The Labute approximate surface area is 208 Å². The molecule has 3 N–H and O–H groups in total. The number of amides is 1. The van der Waals surface area contributed by atoms with Crippen molar-refractivity contribution in [1.82, 2.24) is 10.3 Å². The number of carboxylic acids is 1. The third-order valence-corrected chi connectivity index (χ3v) is 5.54. The summed E-state index contributed by atoms with van der Waals surface area (Å²) in [6.07, 6.45) is 2.61. The molecule has 1 aromatic heterocycles. The number of nitrogens with one attached hydrogen (secondary N) is 2. The van der Waals surface area contributed by atoms with E-state index in [4.69, 9.17) is 27.9 Å². The number of rotatable bonds is 11. The van der Waals surface area contributed by atoms with Crippen molar-refractivity contribution in [1.29, 1.82) is 0 Å². The van der Waals surface area contributed by atoms with Gasteiger partial charge in [0.15, 0.2) is 0 Å². The second kappa shape index (κ2) is 12.3. The van der Waals surface area contributed by atoms with Gasteiger partial charge < -0.3 is 20.5 Å². The number of aromatic nitrogens is 1. The number of carbonyl (C=O) groups is 2. The molecule has 0 fully saturated rings. The molecule has 9 heteroatoms. The van der Waals surface area contributed by atoms with Gasteiger partial charge in [-0.25, -0.2) is 9.78 Å². The second-order valence-corrected chi connectivity index (χ2v) is 8.47. The predicted molar refractivity (Wildman–Crippen MR) is 133 cm³/mol. The van der Waals surface area contributed by atoms with E-state index in [0.29, 0.717) is 12.4 Å². The van der Waals surface area contributed by atoms with E-state index in [1.165, 1.54) is 0 Å². The molecule has 1 amide bonds. The normalized spacial score (nSPS) is 11.5. The Kier molecular flexibility index (Phi) is 9.13. The van der Waals surface area contributed by atoms with Gasteiger partial charge in [-0.3, -0.25) is 4.79 Å². The van der Waals surface area contributed by atoms with Gasteiger partial charge in [0.2, 0.25) is 0 Å². The van der Waals surface area contributed by atoms with E-state index in [-0.39, 0.29) is 22.0 Å². The summed E-state index contributed by atoms with van der Waals surface area (Å²) in [7, 11) is 0.